The molecule has 0 radical (unpaired) electrons. The second kappa shape index (κ2) is 10.4. The van der Waals surface area contributed by atoms with Gasteiger partial charge < -0.3 is 15.0 Å². The van der Waals surface area contributed by atoms with E-state index in [0.29, 0.717) is 22.6 Å². The van der Waals surface area contributed by atoms with Crippen LogP contribution >= 0.6 is 0 Å². The topological polar surface area (TPSA) is 91.3 Å². The van der Waals surface area contributed by atoms with Crippen LogP contribution in [0.4, 0.5) is 21.9 Å². The number of hydrogen-bond donors (Lipinski definition) is 1. The number of esters is 1. The lowest BCUT2D eigenvalue weighted by Crippen LogP contribution is -2.36. The monoisotopic (exact) mass is 484 g/mol. The second-order valence-electron chi connectivity index (χ2n) is 8.56. The summed E-state index contributed by atoms with van der Waals surface area (Å²) in [4.78, 5) is 45.5. The Hall–Kier alpha value is -4.46. The third-order valence-electron chi connectivity index (χ3n) is 5.89. The third-order valence-corrected chi connectivity index (χ3v) is 5.89. The van der Waals surface area contributed by atoms with Gasteiger partial charge in [0.1, 0.15) is 5.92 Å². The molecule has 184 valence electrons. The molecule has 0 saturated carbocycles. The van der Waals surface area contributed by atoms with Crippen molar-refractivity contribution in [3.05, 3.63) is 89.5 Å². The molecule has 1 aliphatic rings. The number of carbonyl (C=O) groups is 3. The molecule has 36 heavy (non-hydrogen) atoms. The van der Waals surface area contributed by atoms with Crippen molar-refractivity contribution in [2.45, 2.75) is 12.8 Å². The number of fused-ring (bicyclic) bond motifs is 1. The van der Waals surface area contributed by atoms with Gasteiger partial charge in [0.25, 0.3) is 0 Å². The molecule has 0 spiro atoms. The SMILES string of the molecule is CCOC(=O)c1ccc2c(c1)NC(=O)C2C(=Nc1ccc(N(C)C(=O)N(C)C)cc1)c1ccccc1. The summed E-state index contributed by atoms with van der Waals surface area (Å²) in [6.45, 7) is 2.02. The Kier molecular flexibility index (Phi) is 7.15. The number of aliphatic imine (C=N–C) groups is 1. The molecule has 3 amide bonds. The summed E-state index contributed by atoms with van der Waals surface area (Å²) in [5.41, 5.74) is 4.45. The Morgan fingerprint density at radius 2 is 1.64 bits per heavy atom. The molecular formula is C28H28N4O4. The number of nitrogens with one attached hydrogen (secondary N) is 1. The Morgan fingerprint density at radius 1 is 0.944 bits per heavy atom. The van der Waals surface area contributed by atoms with Gasteiger partial charge in [0.15, 0.2) is 0 Å². The summed E-state index contributed by atoms with van der Waals surface area (Å²) in [6.07, 6.45) is 0. The van der Waals surface area contributed by atoms with Gasteiger partial charge in [-0.2, -0.15) is 0 Å². The largest absolute Gasteiger partial charge is 0.462 e. The van der Waals surface area contributed by atoms with Gasteiger partial charge in [0.05, 0.1) is 23.6 Å². The van der Waals surface area contributed by atoms with Gasteiger partial charge in [-0.05, 0) is 54.4 Å². The maximum absolute atomic E-state index is 13.2. The molecule has 4 rings (SSSR count). The first-order valence-electron chi connectivity index (χ1n) is 11.6. The average Bonchev–Trinajstić information content (AvgIpc) is 3.22. The minimum atomic E-state index is -0.656. The summed E-state index contributed by atoms with van der Waals surface area (Å²) in [6, 6.07) is 21.7. The van der Waals surface area contributed by atoms with Crippen LogP contribution in [0.1, 0.15) is 34.3 Å². The van der Waals surface area contributed by atoms with E-state index in [1.165, 1.54) is 4.90 Å². The van der Waals surface area contributed by atoms with Crippen molar-refractivity contribution in [1.82, 2.24) is 4.90 Å². The Labute approximate surface area is 210 Å². The number of hydrogen-bond acceptors (Lipinski definition) is 5. The second-order valence-corrected chi connectivity index (χ2v) is 8.56. The van der Waals surface area contributed by atoms with Crippen LogP contribution in [0, 0.1) is 0 Å². The molecule has 0 aliphatic carbocycles. The number of nitrogens with zero attached hydrogens (tertiary/aromatic N) is 3. The van der Waals surface area contributed by atoms with Crippen molar-refractivity contribution in [2.75, 3.05) is 38.0 Å². The van der Waals surface area contributed by atoms with Gasteiger partial charge in [-0.15, -0.1) is 0 Å². The molecule has 1 heterocycles. The number of anilines is 2. The van der Waals surface area contributed by atoms with Crippen LogP contribution in [0.25, 0.3) is 0 Å². The molecule has 0 fully saturated rings. The first-order valence-corrected chi connectivity index (χ1v) is 11.6. The van der Waals surface area contributed by atoms with Gasteiger partial charge in [-0.25, -0.2) is 9.59 Å². The van der Waals surface area contributed by atoms with Crippen LogP contribution in [-0.4, -0.2) is 56.3 Å². The number of ether oxygens (including phenoxy) is 1. The van der Waals surface area contributed by atoms with Crippen molar-refractivity contribution < 1.29 is 19.1 Å². The highest BCUT2D eigenvalue weighted by atomic mass is 16.5. The van der Waals surface area contributed by atoms with Crippen molar-refractivity contribution >= 4 is 40.7 Å². The van der Waals surface area contributed by atoms with Crippen molar-refractivity contribution in [1.29, 1.82) is 0 Å². The zero-order chi connectivity index (χ0) is 25.8. The predicted molar refractivity (Wildman–Crippen MR) is 140 cm³/mol. The quantitative estimate of drug-likeness (QED) is 0.400. The van der Waals surface area contributed by atoms with Crippen LogP contribution in [0.15, 0.2) is 77.8 Å². The Balaban J connectivity index is 1.73. The van der Waals surface area contributed by atoms with Crippen LogP contribution in [0.3, 0.4) is 0 Å². The summed E-state index contributed by atoms with van der Waals surface area (Å²) in [7, 11) is 5.11. The van der Waals surface area contributed by atoms with Crippen LogP contribution < -0.4 is 10.2 Å². The number of benzene rings is 3. The first-order chi connectivity index (χ1) is 17.3. The minimum absolute atomic E-state index is 0.141. The van der Waals surface area contributed by atoms with Gasteiger partial charge >= 0.3 is 12.0 Å². The first kappa shape index (κ1) is 24.7. The van der Waals surface area contributed by atoms with Gasteiger partial charge in [0.2, 0.25) is 5.91 Å². The van der Waals surface area contributed by atoms with Gasteiger partial charge in [-0.3, -0.25) is 14.7 Å². The molecule has 1 aliphatic heterocycles. The number of urea groups is 1. The standard InChI is InChI=1S/C28H28N4O4/c1-5-36-27(34)19-11-16-22-23(17-19)30-26(33)24(22)25(18-9-7-6-8-10-18)29-20-12-14-21(15-13-20)32(4)28(35)31(2)3/h6-17,24H,5H2,1-4H3,(H,30,33). The third kappa shape index (κ3) is 4.98. The van der Waals surface area contributed by atoms with E-state index in [0.717, 1.165) is 16.8 Å². The summed E-state index contributed by atoms with van der Waals surface area (Å²) in [5, 5.41) is 2.89. The van der Waals surface area contributed by atoms with Crippen molar-refractivity contribution in [3.63, 3.8) is 0 Å². The van der Waals surface area contributed by atoms with E-state index in [-0.39, 0.29) is 18.5 Å². The van der Waals surface area contributed by atoms with E-state index in [2.05, 4.69) is 5.32 Å². The van der Waals surface area contributed by atoms with Crippen molar-refractivity contribution in [3.8, 4) is 0 Å². The molecule has 1 N–H and O–H groups in total. The number of carbonyl (C=O) groups excluding carboxylic acids is 3. The summed E-state index contributed by atoms with van der Waals surface area (Å²) < 4.78 is 5.09. The molecular weight excluding hydrogens is 456 g/mol. The fourth-order valence-electron chi connectivity index (χ4n) is 4.08. The van der Waals surface area contributed by atoms with Gasteiger partial charge in [0, 0.05) is 32.5 Å². The fourth-order valence-corrected chi connectivity index (χ4v) is 4.08. The Bertz CT molecular complexity index is 1320. The molecule has 8 heteroatoms. The lowest BCUT2D eigenvalue weighted by atomic mass is 9.90. The molecule has 3 aromatic carbocycles. The predicted octanol–water partition coefficient (Wildman–Crippen LogP) is 4.84. The molecule has 1 atom stereocenters. The van der Waals surface area contributed by atoms with Gasteiger partial charge in [-0.1, -0.05) is 36.4 Å². The van der Waals surface area contributed by atoms with Crippen molar-refractivity contribution in [2.24, 2.45) is 4.99 Å². The van der Waals surface area contributed by atoms with E-state index in [4.69, 9.17) is 9.73 Å². The maximum atomic E-state index is 13.2. The van der Waals surface area contributed by atoms with E-state index in [1.54, 1.807) is 51.2 Å². The molecule has 0 aromatic heterocycles. The fraction of sp³-hybridized carbons (Fsp3) is 0.214. The van der Waals surface area contributed by atoms with E-state index in [1.807, 2.05) is 54.6 Å². The Morgan fingerprint density at radius 3 is 2.28 bits per heavy atom. The molecule has 1 unspecified atom stereocenters. The lowest BCUT2D eigenvalue weighted by molar-refractivity contribution is -0.115. The van der Waals surface area contributed by atoms with Crippen LogP contribution in [0.5, 0.6) is 0 Å². The van der Waals surface area contributed by atoms with E-state index >= 15 is 0 Å². The molecule has 0 saturated heterocycles. The number of rotatable bonds is 6. The zero-order valence-corrected chi connectivity index (χ0v) is 20.7. The molecule has 0 bridgehead atoms. The molecule has 8 nitrogen and oxygen atoms in total. The number of amides is 3. The average molecular weight is 485 g/mol. The highest BCUT2D eigenvalue weighted by molar-refractivity contribution is 6.24. The summed E-state index contributed by atoms with van der Waals surface area (Å²) in [5.74, 6) is -1.31. The van der Waals surface area contributed by atoms with E-state index < -0.39 is 11.9 Å². The smallest absolute Gasteiger partial charge is 0.338 e. The molecule has 3 aromatic rings. The maximum Gasteiger partial charge on any atom is 0.338 e. The zero-order valence-electron chi connectivity index (χ0n) is 20.7. The van der Waals surface area contributed by atoms with Crippen LogP contribution in [-0.2, 0) is 9.53 Å². The highest BCUT2D eigenvalue weighted by Gasteiger charge is 2.36. The summed E-state index contributed by atoms with van der Waals surface area (Å²) >= 11 is 0. The highest BCUT2D eigenvalue weighted by Crippen LogP contribution is 2.37. The minimum Gasteiger partial charge on any atom is -0.462 e. The normalized spacial score (nSPS) is 14.6. The lowest BCUT2D eigenvalue weighted by Gasteiger charge is -2.21. The van der Waals surface area contributed by atoms with Crippen LogP contribution in [0.2, 0.25) is 0 Å². The van der Waals surface area contributed by atoms with E-state index in [9.17, 15) is 14.4 Å².